The summed E-state index contributed by atoms with van der Waals surface area (Å²) < 4.78 is 5.73. The number of benzene rings is 3. The van der Waals surface area contributed by atoms with Crippen molar-refractivity contribution in [3.8, 4) is 17.1 Å². The smallest absolute Gasteiger partial charge is 0.224 e. The molecule has 0 saturated carbocycles. The second-order valence-electron chi connectivity index (χ2n) is 8.15. The average molecular weight is 486 g/mol. The molecule has 2 heterocycles. The van der Waals surface area contributed by atoms with E-state index in [0.29, 0.717) is 42.0 Å². The zero-order valence-corrected chi connectivity index (χ0v) is 20.0. The first-order valence-electron chi connectivity index (χ1n) is 11.5. The molecule has 0 bridgehead atoms. The fourth-order valence-electron chi connectivity index (χ4n) is 3.83. The van der Waals surface area contributed by atoms with E-state index in [1.807, 2.05) is 73.8 Å². The summed E-state index contributed by atoms with van der Waals surface area (Å²) in [6.07, 6.45) is 3.10. The molecule has 1 aliphatic rings. The van der Waals surface area contributed by atoms with Gasteiger partial charge in [-0.3, -0.25) is 9.79 Å². The van der Waals surface area contributed by atoms with E-state index in [1.165, 1.54) is 0 Å². The van der Waals surface area contributed by atoms with Crippen LogP contribution in [-0.2, 0) is 4.79 Å². The van der Waals surface area contributed by atoms with E-state index < -0.39 is 0 Å². The van der Waals surface area contributed by atoms with Gasteiger partial charge in [0.25, 0.3) is 0 Å². The van der Waals surface area contributed by atoms with Crippen molar-refractivity contribution in [1.29, 1.82) is 0 Å². The molecule has 2 N–H and O–H groups in total. The minimum absolute atomic E-state index is 0.0138. The Morgan fingerprint density at radius 3 is 2.71 bits per heavy atom. The van der Waals surface area contributed by atoms with Gasteiger partial charge in [-0.15, -0.1) is 11.6 Å². The van der Waals surface area contributed by atoms with Crippen LogP contribution >= 0.6 is 11.6 Å². The number of fused-ring (bicyclic) bond motifs is 2. The zero-order chi connectivity index (χ0) is 24.2. The van der Waals surface area contributed by atoms with Crippen molar-refractivity contribution in [3.05, 3.63) is 71.2 Å². The molecule has 7 nitrogen and oxygen atoms in total. The minimum atomic E-state index is -0.0138. The average Bonchev–Trinajstić information content (AvgIpc) is 2.84. The number of rotatable bonds is 9. The number of nitrogens with one attached hydrogen (secondary N) is 2. The summed E-state index contributed by atoms with van der Waals surface area (Å²) in [6.45, 7) is 2.39. The molecule has 0 radical (unpaired) electrons. The summed E-state index contributed by atoms with van der Waals surface area (Å²) >= 11 is 5.79. The lowest BCUT2D eigenvalue weighted by molar-refractivity contribution is -0.116. The molecule has 3 aromatic carbocycles. The van der Waals surface area contributed by atoms with Gasteiger partial charge in [0.2, 0.25) is 5.91 Å². The number of alkyl halides is 1. The molecule has 5 rings (SSSR count). The number of amides is 1. The van der Waals surface area contributed by atoms with Gasteiger partial charge < -0.3 is 15.4 Å². The van der Waals surface area contributed by atoms with Crippen LogP contribution in [-0.4, -0.2) is 28.4 Å². The van der Waals surface area contributed by atoms with Crippen molar-refractivity contribution < 1.29 is 9.53 Å². The van der Waals surface area contributed by atoms with E-state index in [0.717, 1.165) is 39.2 Å². The molecule has 0 unspecified atom stereocenters. The Bertz CT molecular complexity index is 1540. The van der Waals surface area contributed by atoms with E-state index in [1.54, 1.807) is 0 Å². The van der Waals surface area contributed by atoms with Gasteiger partial charge in [0, 0.05) is 40.2 Å². The Morgan fingerprint density at radius 2 is 1.94 bits per heavy atom. The number of hydrogen-bond acceptors (Lipinski definition) is 6. The maximum atomic E-state index is 12.1. The number of carbonyl (C=O) groups excluding carboxylic acids is 1. The van der Waals surface area contributed by atoms with Crippen molar-refractivity contribution in [2.45, 2.75) is 19.8 Å². The summed E-state index contributed by atoms with van der Waals surface area (Å²) in [6, 6.07) is 19.2. The van der Waals surface area contributed by atoms with Gasteiger partial charge in [-0.25, -0.2) is 9.97 Å². The lowest BCUT2D eigenvalue weighted by atomic mass is 10.1. The summed E-state index contributed by atoms with van der Waals surface area (Å²) in [4.78, 5) is 26.0. The van der Waals surface area contributed by atoms with Gasteiger partial charge in [-0.2, -0.15) is 0 Å². The highest BCUT2D eigenvalue weighted by Crippen LogP contribution is 2.30. The number of anilines is 3. The maximum Gasteiger partial charge on any atom is 0.224 e. The Labute approximate surface area is 207 Å². The second-order valence-corrected chi connectivity index (χ2v) is 8.53. The van der Waals surface area contributed by atoms with E-state index >= 15 is 0 Å². The van der Waals surface area contributed by atoms with Gasteiger partial charge in [0.1, 0.15) is 18.2 Å². The van der Waals surface area contributed by atoms with Crippen LogP contribution in [0.4, 0.5) is 17.2 Å². The fourth-order valence-corrected chi connectivity index (χ4v) is 3.90. The normalized spacial score (nSPS) is 11.6. The highest BCUT2D eigenvalue weighted by atomic mass is 35.5. The van der Waals surface area contributed by atoms with Gasteiger partial charge in [-0.1, -0.05) is 19.1 Å². The number of ether oxygens (including phenoxy) is 1. The summed E-state index contributed by atoms with van der Waals surface area (Å²) in [7, 11) is 0. The third-order valence-corrected chi connectivity index (χ3v) is 5.68. The Balaban J connectivity index is 1.56. The second kappa shape index (κ2) is 10.1. The highest BCUT2D eigenvalue weighted by Gasteiger charge is 2.13. The molecule has 0 spiro atoms. The van der Waals surface area contributed by atoms with E-state index in [4.69, 9.17) is 26.3 Å². The number of nitrogens with zero attached hydrogens (tertiary/aromatic N) is 3. The van der Waals surface area contributed by atoms with Gasteiger partial charge in [0.15, 0.2) is 5.82 Å². The molecule has 176 valence electrons. The molecule has 1 aromatic heterocycles. The summed E-state index contributed by atoms with van der Waals surface area (Å²) in [5.74, 6) is 2.28. The van der Waals surface area contributed by atoms with Crippen molar-refractivity contribution in [1.82, 2.24) is 9.97 Å². The summed E-state index contributed by atoms with van der Waals surface area (Å²) in [5.41, 5.74) is 3.18. The molecule has 0 aliphatic carbocycles. The van der Waals surface area contributed by atoms with Crippen molar-refractivity contribution in [2.75, 3.05) is 23.1 Å². The molecule has 0 fully saturated rings. The predicted molar refractivity (Wildman–Crippen MR) is 140 cm³/mol. The molecule has 1 aliphatic heterocycles. The van der Waals surface area contributed by atoms with Crippen LogP contribution in [0.5, 0.6) is 5.75 Å². The predicted octanol–water partition coefficient (Wildman–Crippen LogP) is 4.77. The first kappa shape index (κ1) is 22.8. The number of hydrogen-bond donors (Lipinski definition) is 2. The van der Waals surface area contributed by atoms with Crippen LogP contribution < -0.4 is 25.9 Å². The Hall–Kier alpha value is -3.97. The third-order valence-electron chi connectivity index (χ3n) is 5.53. The lowest BCUT2D eigenvalue weighted by Gasteiger charge is -2.14. The van der Waals surface area contributed by atoms with Crippen molar-refractivity contribution in [2.24, 2.45) is 4.99 Å². The quantitative estimate of drug-likeness (QED) is 0.333. The molecular formula is C27H24ClN5O2. The molecule has 8 heteroatoms. The molecular weight excluding hydrogens is 462 g/mol. The topological polar surface area (TPSA) is 88.5 Å². The molecule has 35 heavy (non-hydrogen) atoms. The monoisotopic (exact) mass is 485 g/mol. The Kier molecular flexibility index (Phi) is 6.59. The van der Waals surface area contributed by atoms with Crippen molar-refractivity contribution in [3.63, 3.8) is 0 Å². The van der Waals surface area contributed by atoms with Crippen LogP contribution in [0.2, 0.25) is 0 Å². The number of carbonyl (C=O) groups is 1. The van der Waals surface area contributed by atoms with E-state index in [2.05, 4.69) is 15.6 Å². The Morgan fingerprint density at radius 1 is 1.03 bits per heavy atom. The van der Waals surface area contributed by atoms with Crippen LogP contribution in [0.15, 0.2) is 65.7 Å². The third kappa shape index (κ3) is 5.10. The standard InChI is InChI=1S/C27H24ClN5O2/c1-2-4-25(34)30-19-6-3-5-17(13-19)26-32-24-10-8-21(35-12-11-28)15-22(24)27(33-26)31-20-7-9-23-18(14-20)16-29-23/h3,5-10,13-16H,2,4,11-12H2,1H3,(H,30,34)(H,31,32,33). The van der Waals surface area contributed by atoms with E-state index in [9.17, 15) is 4.79 Å². The van der Waals surface area contributed by atoms with Gasteiger partial charge in [-0.05, 0) is 55.0 Å². The first-order valence-corrected chi connectivity index (χ1v) is 12.0. The zero-order valence-electron chi connectivity index (χ0n) is 19.2. The van der Waals surface area contributed by atoms with Crippen LogP contribution in [0.3, 0.4) is 0 Å². The van der Waals surface area contributed by atoms with Crippen LogP contribution in [0.1, 0.15) is 19.8 Å². The van der Waals surface area contributed by atoms with Gasteiger partial charge in [0.05, 0.1) is 16.8 Å². The first-order chi connectivity index (χ1) is 17.1. The minimum Gasteiger partial charge on any atom is -0.492 e. The van der Waals surface area contributed by atoms with Crippen molar-refractivity contribution >= 4 is 51.8 Å². The van der Waals surface area contributed by atoms with Crippen LogP contribution in [0.25, 0.3) is 28.5 Å². The highest BCUT2D eigenvalue weighted by molar-refractivity contribution is 6.18. The van der Waals surface area contributed by atoms with E-state index in [-0.39, 0.29) is 5.91 Å². The molecule has 4 aromatic rings. The number of aromatic nitrogens is 2. The largest absolute Gasteiger partial charge is 0.492 e. The van der Waals surface area contributed by atoms with Gasteiger partial charge >= 0.3 is 0 Å². The lowest BCUT2D eigenvalue weighted by Crippen LogP contribution is -2.30. The fraction of sp³-hybridized carbons (Fsp3) is 0.185. The maximum absolute atomic E-state index is 12.1. The SMILES string of the molecule is CCCC(=O)Nc1cccc(-c2nc(Nc3ccc4c(c3)=CN=4)c3cc(OCCCl)ccc3n2)c1. The number of halogens is 1. The molecule has 0 saturated heterocycles. The molecule has 1 amide bonds. The molecule has 0 atom stereocenters. The van der Waals surface area contributed by atoms with Crippen LogP contribution in [0, 0.1) is 0 Å². The summed E-state index contributed by atoms with van der Waals surface area (Å²) in [5, 5.41) is 9.26.